The molecule has 0 aromatic heterocycles. The molecule has 2 amide bonds. The third kappa shape index (κ3) is 6.68. The minimum Gasteiger partial charge on any atom is -0.494 e. The highest BCUT2D eigenvalue weighted by molar-refractivity contribution is 5.74. The molecule has 2 saturated heterocycles. The van der Waals surface area contributed by atoms with Crippen LogP contribution in [0, 0.1) is 5.82 Å². The molecule has 0 spiro atoms. The van der Waals surface area contributed by atoms with E-state index >= 15 is 0 Å². The average molecular weight is 455 g/mol. The molecule has 0 unspecified atom stereocenters. The number of piperidine rings is 1. The first-order valence-corrected chi connectivity index (χ1v) is 12.0. The fraction of sp³-hybridized carbons (Fsp3) is 0.500. The maximum Gasteiger partial charge on any atom is 0.317 e. The van der Waals surface area contributed by atoms with Crippen molar-refractivity contribution in [3.63, 3.8) is 0 Å². The van der Waals surface area contributed by atoms with Gasteiger partial charge in [-0.1, -0.05) is 36.4 Å². The number of benzene rings is 2. The topological polar surface area (TPSA) is 48.1 Å². The van der Waals surface area contributed by atoms with E-state index in [0.717, 1.165) is 70.6 Å². The van der Waals surface area contributed by atoms with Gasteiger partial charge in [-0.25, -0.2) is 9.18 Å². The molecule has 4 rings (SSSR count). The van der Waals surface area contributed by atoms with Crippen LogP contribution < -0.4 is 10.1 Å². The highest BCUT2D eigenvalue weighted by Crippen LogP contribution is 2.20. The van der Waals surface area contributed by atoms with Crippen molar-refractivity contribution in [2.75, 3.05) is 46.4 Å². The highest BCUT2D eigenvalue weighted by atomic mass is 19.1. The van der Waals surface area contributed by atoms with Gasteiger partial charge in [-0.15, -0.1) is 0 Å². The fourth-order valence-electron chi connectivity index (χ4n) is 4.74. The Morgan fingerprint density at radius 2 is 1.67 bits per heavy atom. The first kappa shape index (κ1) is 23.5. The lowest BCUT2D eigenvalue weighted by Crippen LogP contribution is -2.49. The van der Waals surface area contributed by atoms with Gasteiger partial charge >= 0.3 is 6.03 Å². The summed E-state index contributed by atoms with van der Waals surface area (Å²) in [4.78, 5) is 19.6. The monoisotopic (exact) mass is 454 g/mol. The molecule has 0 bridgehead atoms. The van der Waals surface area contributed by atoms with Crippen molar-refractivity contribution < 1.29 is 13.9 Å². The predicted molar refractivity (Wildman–Crippen MR) is 128 cm³/mol. The van der Waals surface area contributed by atoms with E-state index in [-0.39, 0.29) is 23.6 Å². The van der Waals surface area contributed by atoms with Gasteiger partial charge in [-0.2, -0.15) is 0 Å². The Hall–Kier alpha value is -2.64. The van der Waals surface area contributed by atoms with E-state index in [1.54, 1.807) is 12.1 Å². The Kier molecular flexibility index (Phi) is 8.18. The molecule has 2 heterocycles. The molecule has 0 atom stereocenters. The minimum atomic E-state index is -0.322. The number of rotatable bonds is 6. The number of likely N-dealkylation sites (tertiary alicyclic amines) is 1. The zero-order chi connectivity index (χ0) is 23.0. The van der Waals surface area contributed by atoms with Crippen molar-refractivity contribution in [2.24, 2.45) is 0 Å². The lowest BCUT2D eigenvalue weighted by atomic mass is 10.0. The first-order valence-electron chi connectivity index (χ1n) is 12.0. The number of urea groups is 1. The quantitative estimate of drug-likeness (QED) is 0.723. The molecule has 6 nitrogen and oxygen atoms in total. The van der Waals surface area contributed by atoms with Gasteiger partial charge in [0.15, 0.2) is 11.6 Å². The second-order valence-electron chi connectivity index (χ2n) is 9.07. The van der Waals surface area contributed by atoms with E-state index in [4.69, 9.17) is 4.74 Å². The van der Waals surface area contributed by atoms with Crippen LogP contribution >= 0.6 is 0 Å². The largest absolute Gasteiger partial charge is 0.494 e. The summed E-state index contributed by atoms with van der Waals surface area (Å²) in [6, 6.07) is 15.9. The van der Waals surface area contributed by atoms with Gasteiger partial charge in [0.2, 0.25) is 0 Å². The van der Waals surface area contributed by atoms with Gasteiger partial charge in [0.25, 0.3) is 0 Å². The molecule has 7 heteroatoms. The molecular weight excluding hydrogens is 419 g/mol. The molecular formula is C26H35FN4O2. The van der Waals surface area contributed by atoms with Crippen LogP contribution in [0.1, 0.15) is 30.4 Å². The number of hydrogen-bond acceptors (Lipinski definition) is 4. The van der Waals surface area contributed by atoms with Crippen LogP contribution in [0.4, 0.5) is 9.18 Å². The van der Waals surface area contributed by atoms with Gasteiger partial charge < -0.3 is 15.0 Å². The number of methoxy groups -OCH3 is 1. The minimum absolute atomic E-state index is 0.0623. The number of nitrogens with one attached hydrogen (secondary N) is 1. The van der Waals surface area contributed by atoms with Crippen LogP contribution in [-0.4, -0.2) is 73.2 Å². The van der Waals surface area contributed by atoms with E-state index in [1.165, 1.54) is 12.7 Å². The Morgan fingerprint density at radius 3 is 2.39 bits per heavy atom. The fourth-order valence-corrected chi connectivity index (χ4v) is 4.74. The maximum absolute atomic E-state index is 14.0. The number of carbonyl (C=O) groups excluding carboxylic acids is 1. The van der Waals surface area contributed by atoms with E-state index in [2.05, 4.69) is 39.4 Å². The molecule has 2 aliphatic heterocycles. The van der Waals surface area contributed by atoms with Crippen molar-refractivity contribution >= 4 is 6.03 Å². The summed E-state index contributed by atoms with van der Waals surface area (Å²) < 4.78 is 18.9. The van der Waals surface area contributed by atoms with Crippen molar-refractivity contribution in [1.29, 1.82) is 0 Å². The molecule has 2 aromatic rings. The molecule has 2 aromatic carbocycles. The summed E-state index contributed by atoms with van der Waals surface area (Å²) in [5.74, 6) is -0.0474. The van der Waals surface area contributed by atoms with Gasteiger partial charge in [0.05, 0.1) is 7.11 Å². The van der Waals surface area contributed by atoms with Gasteiger partial charge in [0.1, 0.15) is 0 Å². The second kappa shape index (κ2) is 11.5. The molecule has 178 valence electrons. The Morgan fingerprint density at radius 1 is 0.939 bits per heavy atom. The van der Waals surface area contributed by atoms with Crippen LogP contribution in [0.5, 0.6) is 5.75 Å². The van der Waals surface area contributed by atoms with Crippen molar-refractivity contribution in [2.45, 2.75) is 38.4 Å². The molecule has 1 N–H and O–H groups in total. The molecule has 33 heavy (non-hydrogen) atoms. The van der Waals surface area contributed by atoms with Gasteiger partial charge in [-0.3, -0.25) is 9.80 Å². The molecule has 2 fully saturated rings. The number of halogens is 1. The third-order valence-corrected chi connectivity index (χ3v) is 6.66. The van der Waals surface area contributed by atoms with Crippen LogP contribution in [0.3, 0.4) is 0 Å². The molecule has 0 radical (unpaired) electrons. The summed E-state index contributed by atoms with van der Waals surface area (Å²) >= 11 is 0. The zero-order valence-corrected chi connectivity index (χ0v) is 19.5. The van der Waals surface area contributed by atoms with E-state index < -0.39 is 0 Å². The second-order valence-corrected chi connectivity index (χ2v) is 9.07. The van der Waals surface area contributed by atoms with Gasteiger partial charge in [-0.05, 0) is 42.5 Å². The molecule has 0 aliphatic carbocycles. The van der Waals surface area contributed by atoms with Crippen molar-refractivity contribution in [3.05, 3.63) is 65.5 Å². The maximum atomic E-state index is 14.0. The van der Waals surface area contributed by atoms with E-state index in [1.807, 2.05) is 17.0 Å². The molecule has 2 aliphatic rings. The smallest absolute Gasteiger partial charge is 0.317 e. The summed E-state index contributed by atoms with van der Waals surface area (Å²) in [6.45, 7) is 6.92. The van der Waals surface area contributed by atoms with Gasteiger partial charge in [0, 0.05) is 58.4 Å². The summed E-state index contributed by atoms with van der Waals surface area (Å²) in [5.41, 5.74) is 2.26. The Labute approximate surface area is 196 Å². The predicted octanol–water partition coefficient (Wildman–Crippen LogP) is 3.72. The van der Waals surface area contributed by atoms with Crippen molar-refractivity contribution in [1.82, 2.24) is 20.0 Å². The number of hydrogen-bond donors (Lipinski definition) is 1. The lowest BCUT2D eigenvalue weighted by molar-refractivity contribution is 0.169. The Balaban J connectivity index is 1.19. The van der Waals surface area contributed by atoms with E-state index in [0.29, 0.717) is 6.54 Å². The van der Waals surface area contributed by atoms with E-state index in [9.17, 15) is 9.18 Å². The third-order valence-electron chi connectivity index (χ3n) is 6.66. The average Bonchev–Trinajstić information content (AvgIpc) is 3.07. The standard InChI is InChI=1S/C26H35FN4O2/c1-33-25-9-8-22(18-24(25)27)20-30-14-10-23(11-15-30)28-26(32)31-13-5-12-29(16-17-31)19-21-6-3-2-4-7-21/h2-4,6-9,18,23H,5,10-17,19-20H2,1H3,(H,28,32). The zero-order valence-electron chi connectivity index (χ0n) is 19.5. The number of amides is 2. The van der Waals surface area contributed by atoms with Crippen LogP contribution in [-0.2, 0) is 13.1 Å². The first-order chi connectivity index (χ1) is 16.1. The lowest BCUT2D eigenvalue weighted by Gasteiger charge is -2.33. The normalized spacial score (nSPS) is 18.7. The van der Waals surface area contributed by atoms with Crippen LogP contribution in [0.15, 0.2) is 48.5 Å². The number of nitrogens with zero attached hydrogens (tertiary/aromatic N) is 3. The number of carbonyl (C=O) groups is 1. The van der Waals surface area contributed by atoms with Crippen LogP contribution in [0.2, 0.25) is 0 Å². The summed E-state index contributed by atoms with van der Waals surface area (Å²) in [5, 5.41) is 3.25. The summed E-state index contributed by atoms with van der Waals surface area (Å²) in [7, 11) is 1.48. The highest BCUT2D eigenvalue weighted by Gasteiger charge is 2.24. The summed E-state index contributed by atoms with van der Waals surface area (Å²) in [6.07, 6.45) is 2.83. The SMILES string of the molecule is COc1ccc(CN2CCC(NC(=O)N3CCCN(Cc4ccccc4)CC3)CC2)cc1F. The number of ether oxygens (including phenoxy) is 1. The van der Waals surface area contributed by atoms with Crippen LogP contribution in [0.25, 0.3) is 0 Å². The molecule has 0 saturated carbocycles. The van der Waals surface area contributed by atoms with Crippen molar-refractivity contribution in [3.8, 4) is 5.75 Å². The Bertz CT molecular complexity index is 902.